The molecular formula is C14H14BrN5O. The van der Waals surface area contributed by atoms with Crippen LogP contribution in [0.2, 0.25) is 0 Å². The number of aromatic nitrogens is 4. The fraction of sp³-hybridized carbons (Fsp3) is 0.214. The number of aryl methyl sites for hydroxylation is 1. The minimum absolute atomic E-state index is 0.514. The lowest BCUT2D eigenvalue weighted by Crippen LogP contribution is -2.15. The molecule has 0 aliphatic rings. The average Bonchev–Trinajstić information content (AvgIpc) is 3.10. The van der Waals surface area contributed by atoms with Crippen molar-refractivity contribution in [2.75, 3.05) is 0 Å². The van der Waals surface area contributed by atoms with E-state index in [9.17, 15) is 0 Å². The summed E-state index contributed by atoms with van der Waals surface area (Å²) in [5, 5.41) is 15.5. The Kier molecular flexibility index (Phi) is 4.12. The van der Waals surface area contributed by atoms with Crippen molar-refractivity contribution < 1.29 is 4.42 Å². The molecule has 1 aromatic carbocycles. The zero-order valence-electron chi connectivity index (χ0n) is 11.5. The van der Waals surface area contributed by atoms with Crippen LogP contribution in [0.3, 0.4) is 0 Å². The van der Waals surface area contributed by atoms with Crippen LogP contribution in [0.5, 0.6) is 0 Å². The second-order valence-electron chi connectivity index (χ2n) is 4.53. The first kappa shape index (κ1) is 14.0. The maximum absolute atomic E-state index is 5.66. The predicted octanol–water partition coefficient (Wildman–Crippen LogP) is 2.52. The van der Waals surface area contributed by atoms with E-state index < -0.39 is 0 Å². The first-order valence-corrected chi connectivity index (χ1v) is 7.28. The molecule has 6 nitrogen and oxygen atoms in total. The Bertz CT molecular complexity index is 736. The van der Waals surface area contributed by atoms with Crippen LogP contribution in [0, 0.1) is 0 Å². The van der Waals surface area contributed by atoms with Gasteiger partial charge >= 0.3 is 0 Å². The second-order valence-corrected chi connectivity index (χ2v) is 5.38. The Balaban J connectivity index is 1.63. The van der Waals surface area contributed by atoms with Gasteiger partial charge in [0.05, 0.1) is 17.8 Å². The Morgan fingerprint density at radius 1 is 1.19 bits per heavy atom. The molecule has 1 N–H and O–H groups in total. The van der Waals surface area contributed by atoms with Gasteiger partial charge in [0.1, 0.15) is 0 Å². The van der Waals surface area contributed by atoms with E-state index >= 15 is 0 Å². The predicted molar refractivity (Wildman–Crippen MR) is 81.2 cm³/mol. The molecule has 0 amide bonds. The van der Waals surface area contributed by atoms with E-state index in [1.54, 1.807) is 6.20 Å². The van der Waals surface area contributed by atoms with Crippen LogP contribution >= 0.6 is 15.9 Å². The molecule has 108 valence electrons. The van der Waals surface area contributed by atoms with Gasteiger partial charge in [-0.05, 0) is 34.1 Å². The molecule has 0 atom stereocenters. The minimum Gasteiger partial charge on any atom is -0.419 e. The van der Waals surface area contributed by atoms with Crippen LogP contribution in [0.25, 0.3) is 11.5 Å². The molecular weight excluding hydrogens is 334 g/mol. The van der Waals surface area contributed by atoms with Gasteiger partial charge in [-0.15, -0.1) is 10.2 Å². The van der Waals surface area contributed by atoms with Crippen molar-refractivity contribution in [1.29, 1.82) is 0 Å². The standard InChI is InChI=1S/C14H14BrN5O/c1-20-10(6-7-17-20)8-16-9-13-18-19-14(21-13)11-4-2-3-5-12(11)15/h2-7,16H,8-9H2,1H3. The summed E-state index contributed by atoms with van der Waals surface area (Å²) in [7, 11) is 1.91. The molecule has 0 aliphatic heterocycles. The molecule has 0 spiro atoms. The number of halogens is 1. The number of hydrogen-bond acceptors (Lipinski definition) is 5. The monoisotopic (exact) mass is 347 g/mol. The van der Waals surface area contributed by atoms with Crippen LogP contribution in [0.15, 0.2) is 45.4 Å². The van der Waals surface area contributed by atoms with Crippen LogP contribution in [-0.4, -0.2) is 20.0 Å². The first-order chi connectivity index (χ1) is 10.2. The van der Waals surface area contributed by atoms with Crippen LogP contribution in [-0.2, 0) is 20.1 Å². The van der Waals surface area contributed by atoms with Crippen LogP contribution < -0.4 is 5.32 Å². The van der Waals surface area contributed by atoms with Gasteiger partial charge in [-0.25, -0.2) is 0 Å². The summed E-state index contributed by atoms with van der Waals surface area (Å²) in [5.74, 6) is 1.07. The van der Waals surface area contributed by atoms with Crippen LogP contribution in [0.4, 0.5) is 0 Å². The third kappa shape index (κ3) is 3.20. The molecule has 0 bridgehead atoms. The molecule has 3 rings (SSSR count). The van der Waals surface area contributed by atoms with Crippen molar-refractivity contribution >= 4 is 15.9 Å². The highest BCUT2D eigenvalue weighted by Gasteiger charge is 2.11. The van der Waals surface area contributed by atoms with E-state index in [4.69, 9.17) is 4.42 Å². The van der Waals surface area contributed by atoms with E-state index in [1.165, 1.54) is 0 Å². The van der Waals surface area contributed by atoms with Gasteiger partial charge in [-0.3, -0.25) is 4.68 Å². The summed E-state index contributed by atoms with van der Waals surface area (Å²) >= 11 is 3.48. The van der Waals surface area contributed by atoms with E-state index in [1.807, 2.05) is 42.1 Å². The number of nitrogens with one attached hydrogen (secondary N) is 1. The van der Waals surface area contributed by atoms with Gasteiger partial charge in [-0.2, -0.15) is 5.10 Å². The van der Waals surface area contributed by atoms with Crippen molar-refractivity contribution in [3.63, 3.8) is 0 Å². The van der Waals surface area contributed by atoms with Gasteiger partial charge in [0.25, 0.3) is 0 Å². The minimum atomic E-state index is 0.514. The number of hydrogen-bond donors (Lipinski definition) is 1. The summed E-state index contributed by atoms with van der Waals surface area (Å²) < 4.78 is 8.42. The Labute approximate surface area is 130 Å². The SMILES string of the molecule is Cn1nccc1CNCc1nnc(-c2ccccc2Br)o1. The molecule has 0 saturated heterocycles. The summed E-state index contributed by atoms with van der Waals surface area (Å²) in [6.45, 7) is 1.21. The van der Waals surface area contributed by atoms with Gasteiger partial charge in [0, 0.05) is 24.3 Å². The molecule has 3 aromatic rings. The molecule has 2 aromatic heterocycles. The highest BCUT2D eigenvalue weighted by molar-refractivity contribution is 9.10. The molecule has 21 heavy (non-hydrogen) atoms. The van der Waals surface area contributed by atoms with E-state index in [2.05, 4.69) is 36.5 Å². The van der Waals surface area contributed by atoms with Crippen LogP contribution in [0.1, 0.15) is 11.6 Å². The first-order valence-electron chi connectivity index (χ1n) is 6.49. The lowest BCUT2D eigenvalue weighted by Gasteiger charge is -2.02. The number of nitrogens with zero attached hydrogens (tertiary/aromatic N) is 4. The molecule has 7 heteroatoms. The maximum Gasteiger partial charge on any atom is 0.248 e. The smallest absolute Gasteiger partial charge is 0.248 e. The van der Waals surface area contributed by atoms with Crippen molar-refractivity contribution in [3.05, 3.63) is 52.6 Å². The van der Waals surface area contributed by atoms with E-state index in [-0.39, 0.29) is 0 Å². The summed E-state index contributed by atoms with van der Waals surface area (Å²) in [4.78, 5) is 0. The lowest BCUT2D eigenvalue weighted by molar-refractivity contribution is 0.473. The average molecular weight is 348 g/mol. The molecule has 0 unspecified atom stereocenters. The number of rotatable bonds is 5. The molecule has 0 fully saturated rings. The normalized spacial score (nSPS) is 11.0. The maximum atomic E-state index is 5.66. The lowest BCUT2D eigenvalue weighted by atomic mass is 10.2. The Morgan fingerprint density at radius 3 is 2.81 bits per heavy atom. The van der Waals surface area contributed by atoms with Gasteiger partial charge < -0.3 is 9.73 Å². The van der Waals surface area contributed by atoms with Gasteiger partial charge in [0.15, 0.2) is 0 Å². The summed E-state index contributed by atoms with van der Waals surface area (Å²) in [6, 6.07) is 9.72. The van der Waals surface area contributed by atoms with Crippen molar-refractivity contribution in [2.24, 2.45) is 7.05 Å². The van der Waals surface area contributed by atoms with Gasteiger partial charge in [-0.1, -0.05) is 12.1 Å². The zero-order chi connectivity index (χ0) is 14.7. The number of benzene rings is 1. The zero-order valence-corrected chi connectivity index (χ0v) is 13.0. The second kappa shape index (κ2) is 6.19. The van der Waals surface area contributed by atoms with E-state index in [0.29, 0.717) is 24.9 Å². The fourth-order valence-electron chi connectivity index (χ4n) is 1.94. The quantitative estimate of drug-likeness (QED) is 0.767. The highest BCUT2D eigenvalue weighted by atomic mass is 79.9. The summed E-state index contributed by atoms with van der Waals surface area (Å²) in [5.41, 5.74) is 1.99. The molecule has 0 aliphatic carbocycles. The van der Waals surface area contributed by atoms with Gasteiger partial charge in [0.2, 0.25) is 11.8 Å². The third-order valence-corrected chi connectivity index (χ3v) is 3.77. The Morgan fingerprint density at radius 2 is 2.05 bits per heavy atom. The van der Waals surface area contributed by atoms with Crippen molar-refractivity contribution in [1.82, 2.24) is 25.3 Å². The molecule has 0 saturated carbocycles. The summed E-state index contributed by atoms with van der Waals surface area (Å²) in [6.07, 6.45) is 1.77. The van der Waals surface area contributed by atoms with E-state index in [0.717, 1.165) is 15.7 Å². The molecule has 2 heterocycles. The third-order valence-electron chi connectivity index (χ3n) is 3.08. The Hall–Kier alpha value is -1.99. The van der Waals surface area contributed by atoms with Crippen molar-refractivity contribution in [2.45, 2.75) is 13.1 Å². The highest BCUT2D eigenvalue weighted by Crippen LogP contribution is 2.26. The fourth-order valence-corrected chi connectivity index (χ4v) is 2.40. The van der Waals surface area contributed by atoms with Crippen molar-refractivity contribution in [3.8, 4) is 11.5 Å². The molecule has 0 radical (unpaired) electrons. The largest absolute Gasteiger partial charge is 0.419 e. The topological polar surface area (TPSA) is 68.8 Å².